The Morgan fingerprint density at radius 2 is 1.69 bits per heavy atom. The fourth-order valence-corrected chi connectivity index (χ4v) is 4.27. The Bertz CT molecular complexity index is 539. The number of imide groups is 1. The summed E-state index contributed by atoms with van der Waals surface area (Å²) in [5.74, 6) is 0.201. The summed E-state index contributed by atoms with van der Waals surface area (Å²) in [5.41, 5.74) is -0.580. The third-order valence-corrected chi connectivity index (χ3v) is 5.94. The summed E-state index contributed by atoms with van der Waals surface area (Å²) in [5, 5.41) is 2.92. The van der Waals surface area contributed by atoms with Gasteiger partial charge in [-0.1, -0.05) is 34.6 Å². The number of urea groups is 1. The van der Waals surface area contributed by atoms with Gasteiger partial charge in [0.25, 0.3) is 5.91 Å². The molecule has 1 saturated carbocycles. The zero-order valence-corrected chi connectivity index (χ0v) is 17.1. The Balaban J connectivity index is 2.04. The van der Waals surface area contributed by atoms with Crippen molar-refractivity contribution in [2.24, 2.45) is 11.3 Å². The maximum absolute atomic E-state index is 13.0. The maximum Gasteiger partial charge on any atom is 0.325 e. The number of carbonyl (C=O) groups is 3. The fraction of sp³-hybridized carbons (Fsp3) is 0.850. The van der Waals surface area contributed by atoms with E-state index in [0.717, 1.165) is 30.6 Å². The van der Waals surface area contributed by atoms with Crippen LogP contribution < -0.4 is 5.32 Å². The molecule has 0 bridgehead atoms. The van der Waals surface area contributed by atoms with Crippen LogP contribution in [-0.2, 0) is 9.59 Å². The average Bonchev–Trinajstić information content (AvgIpc) is 2.78. The third-order valence-electron chi connectivity index (χ3n) is 5.94. The highest BCUT2D eigenvalue weighted by Gasteiger charge is 2.53. The smallest absolute Gasteiger partial charge is 0.325 e. The quantitative estimate of drug-likeness (QED) is 0.735. The first-order valence-electron chi connectivity index (χ1n) is 10.1. The van der Waals surface area contributed by atoms with E-state index in [4.69, 9.17) is 0 Å². The van der Waals surface area contributed by atoms with Gasteiger partial charge >= 0.3 is 6.03 Å². The Kier molecular flexibility index (Phi) is 6.35. The van der Waals surface area contributed by atoms with Crippen LogP contribution >= 0.6 is 0 Å². The molecule has 148 valence electrons. The first-order valence-corrected chi connectivity index (χ1v) is 10.1. The van der Waals surface area contributed by atoms with Gasteiger partial charge in [-0.05, 0) is 49.9 Å². The van der Waals surface area contributed by atoms with E-state index in [1.54, 1.807) is 4.90 Å². The van der Waals surface area contributed by atoms with Gasteiger partial charge in [0.2, 0.25) is 5.91 Å². The maximum atomic E-state index is 13.0. The lowest BCUT2D eigenvalue weighted by Crippen LogP contribution is -2.51. The first kappa shape index (κ1) is 20.7. The summed E-state index contributed by atoms with van der Waals surface area (Å²) < 4.78 is 0. The summed E-state index contributed by atoms with van der Waals surface area (Å²) in [7, 11) is 0. The van der Waals surface area contributed by atoms with Crippen molar-refractivity contribution in [1.29, 1.82) is 0 Å². The van der Waals surface area contributed by atoms with Gasteiger partial charge in [0.05, 0.1) is 0 Å². The van der Waals surface area contributed by atoms with Gasteiger partial charge in [0.1, 0.15) is 12.1 Å². The van der Waals surface area contributed by atoms with E-state index in [1.165, 1.54) is 0 Å². The number of hydrogen-bond acceptors (Lipinski definition) is 3. The van der Waals surface area contributed by atoms with Crippen LogP contribution in [0.5, 0.6) is 0 Å². The Hall–Kier alpha value is -1.59. The second kappa shape index (κ2) is 7.97. The first-order chi connectivity index (χ1) is 12.1. The molecular weight excluding hydrogens is 330 g/mol. The number of amides is 4. The molecule has 2 fully saturated rings. The lowest BCUT2D eigenvalue weighted by atomic mass is 9.67. The van der Waals surface area contributed by atoms with Gasteiger partial charge in [-0.25, -0.2) is 4.79 Å². The summed E-state index contributed by atoms with van der Waals surface area (Å²) in [6, 6.07) is -0.412. The molecular formula is C20H35N3O3. The van der Waals surface area contributed by atoms with Crippen molar-refractivity contribution in [2.75, 3.05) is 19.6 Å². The monoisotopic (exact) mass is 365 g/mol. The molecule has 0 radical (unpaired) electrons. The van der Waals surface area contributed by atoms with Crippen molar-refractivity contribution in [3.8, 4) is 0 Å². The van der Waals surface area contributed by atoms with Crippen LogP contribution in [0.4, 0.5) is 4.79 Å². The van der Waals surface area contributed by atoms with Crippen molar-refractivity contribution in [3.05, 3.63) is 0 Å². The van der Waals surface area contributed by atoms with E-state index in [-0.39, 0.29) is 23.8 Å². The highest BCUT2D eigenvalue weighted by atomic mass is 16.2. The van der Waals surface area contributed by atoms with Gasteiger partial charge in [-0.3, -0.25) is 14.5 Å². The lowest BCUT2D eigenvalue weighted by Gasteiger charge is -2.40. The Labute approximate surface area is 157 Å². The van der Waals surface area contributed by atoms with Gasteiger partial charge in [-0.2, -0.15) is 0 Å². The van der Waals surface area contributed by atoms with E-state index in [1.807, 2.05) is 13.8 Å². The summed E-state index contributed by atoms with van der Waals surface area (Å²) in [6.07, 6.45) is 4.91. The highest BCUT2D eigenvalue weighted by Crippen LogP contribution is 2.43. The van der Waals surface area contributed by atoms with Crippen LogP contribution in [0.25, 0.3) is 0 Å². The number of nitrogens with zero attached hydrogens (tertiary/aromatic N) is 2. The van der Waals surface area contributed by atoms with Crippen molar-refractivity contribution < 1.29 is 14.4 Å². The van der Waals surface area contributed by atoms with Gasteiger partial charge in [0.15, 0.2) is 0 Å². The van der Waals surface area contributed by atoms with Crippen LogP contribution in [0.1, 0.15) is 73.1 Å². The summed E-state index contributed by atoms with van der Waals surface area (Å²) in [6.45, 7) is 11.9. The van der Waals surface area contributed by atoms with E-state index in [2.05, 4.69) is 26.1 Å². The zero-order valence-electron chi connectivity index (χ0n) is 17.1. The van der Waals surface area contributed by atoms with Crippen molar-refractivity contribution >= 4 is 17.8 Å². The summed E-state index contributed by atoms with van der Waals surface area (Å²) in [4.78, 5) is 40.9. The molecule has 0 aromatic carbocycles. The molecule has 6 nitrogen and oxygen atoms in total. The highest BCUT2D eigenvalue weighted by molar-refractivity contribution is 6.09. The molecule has 2 aliphatic rings. The molecule has 1 heterocycles. The van der Waals surface area contributed by atoms with Gasteiger partial charge < -0.3 is 10.2 Å². The molecule has 4 amide bonds. The molecule has 0 aromatic heterocycles. The molecule has 0 aromatic rings. The Morgan fingerprint density at radius 1 is 1.15 bits per heavy atom. The zero-order chi connectivity index (χ0) is 19.5. The SMILES string of the molecule is CCCN(CCC)C(=O)CN1C(=O)NC2(CCC(C(C)(C)C)CC2)C1=O. The molecule has 0 unspecified atom stereocenters. The lowest BCUT2D eigenvalue weighted by molar-refractivity contribution is -0.140. The van der Waals surface area contributed by atoms with E-state index < -0.39 is 11.6 Å². The van der Waals surface area contributed by atoms with Crippen molar-refractivity contribution in [2.45, 2.75) is 78.7 Å². The molecule has 1 N–H and O–H groups in total. The van der Waals surface area contributed by atoms with Crippen molar-refractivity contribution in [1.82, 2.24) is 15.1 Å². The minimum absolute atomic E-state index is 0.141. The van der Waals surface area contributed by atoms with E-state index in [9.17, 15) is 14.4 Å². The predicted molar refractivity (Wildman–Crippen MR) is 102 cm³/mol. The minimum Gasteiger partial charge on any atom is -0.341 e. The minimum atomic E-state index is -0.792. The van der Waals surface area contributed by atoms with Crippen molar-refractivity contribution in [3.63, 3.8) is 0 Å². The molecule has 1 spiro atoms. The van der Waals surface area contributed by atoms with Crippen LogP contribution in [-0.4, -0.2) is 52.8 Å². The van der Waals surface area contributed by atoms with E-state index >= 15 is 0 Å². The normalized spacial score (nSPS) is 26.3. The molecule has 26 heavy (non-hydrogen) atoms. The number of hydrogen-bond donors (Lipinski definition) is 1. The van der Waals surface area contributed by atoms with Gasteiger partial charge in [-0.15, -0.1) is 0 Å². The van der Waals surface area contributed by atoms with Crippen LogP contribution in [0.15, 0.2) is 0 Å². The molecule has 1 aliphatic heterocycles. The molecule has 2 rings (SSSR count). The molecule has 0 atom stereocenters. The topological polar surface area (TPSA) is 69.7 Å². The average molecular weight is 366 g/mol. The van der Waals surface area contributed by atoms with Crippen LogP contribution in [0, 0.1) is 11.3 Å². The molecule has 1 saturated heterocycles. The van der Waals surface area contributed by atoms with Crippen LogP contribution in [0.3, 0.4) is 0 Å². The van der Waals surface area contributed by atoms with Gasteiger partial charge in [0, 0.05) is 13.1 Å². The Morgan fingerprint density at radius 3 is 2.15 bits per heavy atom. The third kappa shape index (κ3) is 4.21. The predicted octanol–water partition coefficient (Wildman–Crippen LogP) is 3.16. The van der Waals surface area contributed by atoms with E-state index in [0.29, 0.717) is 31.8 Å². The second-order valence-corrected chi connectivity index (χ2v) is 8.92. The van der Waals surface area contributed by atoms with Crippen LogP contribution in [0.2, 0.25) is 0 Å². The number of carbonyl (C=O) groups excluding carboxylic acids is 3. The molecule has 6 heteroatoms. The largest absolute Gasteiger partial charge is 0.341 e. The fourth-order valence-electron chi connectivity index (χ4n) is 4.27. The molecule has 1 aliphatic carbocycles. The number of nitrogens with one attached hydrogen (secondary N) is 1. The number of rotatable bonds is 6. The summed E-state index contributed by atoms with van der Waals surface area (Å²) >= 11 is 0. The second-order valence-electron chi connectivity index (χ2n) is 8.92. The standard InChI is InChI=1S/C20H35N3O3/c1-6-12-22(13-7-2)16(24)14-23-17(25)20(21-18(23)26)10-8-15(9-11-20)19(3,4)5/h15H,6-14H2,1-5H3,(H,21,26).